The van der Waals surface area contributed by atoms with Crippen molar-refractivity contribution in [2.75, 3.05) is 9.80 Å². The van der Waals surface area contributed by atoms with Gasteiger partial charge in [0.15, 0.2) is 0 Å². The molecule has 0 aliphatic heterocycles. The monoisotopic (exact) mass is 714 g/mol. The molecule has 10 aromatic rings. The molecule has 0 radical (unpaired) electrons. The molecule has 0 spiro atoms. The van der Waals surface area contributed by atoms with Gasteiger partial charge < -0.3 is 9.80 Å². The Kier molecular flexibility index (Phi) is 8.55. The Hall–Kier alpha value is -7.42. The van der Waals surface area contributed by atoms with Crippen LogP contribution in [0.25, 0.3) is 54.6 Å². The molecule has 56 heavy (non-hydrogen) atoms. The third-order valence-electron chi connectivity index (χ3n) is 10.7. The molecular formula is C54H38N2. The zero-order chi connectivity index (χ0) is 37.3. The molecule has 0 atom stereocenters. The number of nitrogens with zero attached hydrogens (tertiary/aromatic N) is 2. The van der Waals surface area contributed by atoms with Crippen LogP contribution in [0, 0.1) is 0 Å². The molecule has 0 N–H and O–H groups in total. The molecule has 0 aromatic heterocycles. The predicted molar refractivity (Wildman–Crippen MR) is 239 cm³/mol. The first-order chi connectivity index (χ1) is 27.7. The molecule has 10 aromatic carbocycles. The minimum Gasteiger partial charge on any atom is -0.311 e. The van der Waals surface area contributed by atoms with Crippen molar-refractivity contribution in [2.45, 2.75) is 0 Å². The first-order valence-electron chi connectivity index (χ1n) is 19.2. The number of fused-ring (bicyclic) bond motifs is 3. The first kappa shape index (κ1) is 33.2. The summed E-state index contributed by atoms with van der Waals surface area (Å²) in [5, 5.41) is 7.46. The van der Waals surface area contributed by atoms with Crippen LogP contribution < -0.4 is 9.80 Å². The fourth-order valence-electron chi connectivity index (χ4n) is 7.92. The van der Waals surface area contributed by atoms with Crippen LogP contribution in [-0.4, -0.2) is 0 Å². The van der Waals surface area contributed by atoms with Gasteiger partial charge in [-0.1, -0.05) is 121 Å². The van der Waals surface area contributed by atoms with Crippen molar-refractivity contribution in [3.8, 4) is 22.3 Å². The number of anilines is 6. The van der Waals surface area contributed by atoms with Crippen molar-refractivity contribution in [1.82, 2.24) is 0 Å². The predicted octanol–water partition coefficient (Wildman–Crippen LogP) is 15.4. The Bertz CT molecular complexity index is 2640. The van der Waals surface area contributed by atoms with Gasteiger partial charge >= 0.3 is 0 Å². The largest absolute Gasteiger partial charge is 0.311 e. The van der Waals surface area contributed by atoms with E-state index in [1.165, 1.54) is 54.6 Å². The van der Waals surface area contributed by atoms with E-state index < -0.39 is 0 Å². The van der Waals surface area contributed by atoms with E-state index in [0.717, 1.165) is 34.1 Å². The number of hydrogen-bond acceptors (Lipinski definition) is 2. The summed E-state index contributed by atoms with van der Waals surface area (Å²) in [7, 11) is 0. The van der Waals surface area contributed by atoms with Crippen LogP contribution in [0.4, 0.5) is 34.1 Å². The molecule has 0 saturated carbocycles. The summed E-state index contributed by atoms with van der Waals surface area (Å²) in [6.07, 6.45) is 0. The van der Waals surface area contributed by atoms with Gasteiger partial charge in [-0.25, -0.2) is 0 Å². The summed E-state index contributed by atoms with van der Waals surface area (Å²) in [5.41, 5.74) is 11.6. The number of benzene rings is 10. The van der Waals surface area contributed by atoms with E-state index >= 15 is 0 Å². The minimum atomic E-state index is 1.13. The summed E-state index contributed by atoms with van der Waals surface area (Å²) in [5.74, 6) is 0. The van der Waals surface area contributed by atoms with Crippen LogP contribution in [0.15, 0.2) is 231 Å². The molecule has 2 nitrogen and oxygen atoms in total. The minimum absolute atomic E-state index is 1.13. The smallest absolute Gasteiger partial charge is 0.0462 e. The highest BCUT2D eigenvalue weighted by atomic mass is 15.1. The zero-order valence-corrected chi connectivity index (χ0v) is 30.8. The van der Waals surface area contributed by atoms with Gasteiger partial charge in [0.05, 0.1) is 0 Å². The number of rotatable bonds is 8. The lowest BCUT2D eigenvalue weighted by molar-refractivity contribution is 1.28. The Balaban J connectivity index is 0.938. The average molecular weight is 715 g/mol. The van der Waals surface area contributed by atoms with Gasteiger partial charge in [-0.2, -0.15) is 0 Å². The van der Waals surface area contributed by atoms with Crippen molar-refractivity contribution in [3.05, 3.63) is 231 Å². The normalized spacial score (nSPS) is 11.2. The molecule has 0 aliphatic rings. The van der Waals surface area contributed by atoms with Crippen molar-refractivity contribution in [1.29, 1.82) is 0 Å². The molecule has 0 saturated heterocycles. The van der Waals surface area contributed by atoms with Crippen LogP contribution in [0.2, 0.25) is 0 Å². The third kappa shape index (κ3) is 6.44. The van der Waals surface area contributed by atoms with Crippen LogP contribution in [0.3, 0.4) is 0 Å². The molecule has 0 heterocycles. The second kappa shape index (κ2) is 14.4. The maximum atomic E-state index is 2.34. The van der Waals surface area contributed by atoms with E-state index in [1.54, 1.807) is 0 Å². The fraction of sp³-hybridized carbons (Fsp3) is 0. The standard InChI is InChI=1S/C54H38N2/c1-5-13-49(14-6-1)55(50-15-7-2-8-16-50)53-29-25-39(26-30-53)41-21-23-43-35-48-38-46-34-42(22-24-44(46)36-47(48)37-45(43)33-41)40-27-31-54(32-28-40)56(51-17-9-3-10-18-51)52-19-11-4-12-20-52/h1-38H. The molecule has 0 amide bonds. The van der Waals surface area contributed by atoms with Crippen LogP contribution in [0.5, 0.6) is 0 Å². The van der Waals surface area contributed by atoms with Crippen molar-refractivity contribution < 1.29 is 0 Å². The average Bonchev–Trinajstić information content (AvgIpc) is 3.27. The topological polar surface area (TPSA) is 6.48 Å². The third-order valence-corrected chi connectivity index (χ3v) is 10.7. The van der Waals surface area contributed by atoms with Gasteiger partial charge in [0.25, 0.3) is 0 Å². The van der Waals surface area contributed by atoms with E-state index in [2.05, 4.69) is 240 Å². The zero-order valence-electron chi connectivity index (χ0n) is 30.8. The Labute approximate surface area is 327 Å². The molecule has 0 fully saturated rings. The molecule has 2 heteroatoms. The summed E-state index contributed by atoms with van der Waals surface area (Å²) < 4.78 is 0. The SMILES string of the molecule is c1ccc(N(c2ccccc2)c2ccc(-c3ccc4cc5cc6cc(-c7ccc(N(c8ccccc8)c8ccccc8)cc7)ccc6cc5cc4c3)cc2)cc1. The van der Waals surface area contributed by atoms with Crippen molar-refractivity contribution in [3.63, 3.8) is 0 Å². The lowest BCUT2D eigenvalue weighted by Crippen LogP contribution is -2.09. The van der Waals surface area contributed by atoms with E-state index in [4.69, 9.17) is 0 Å². The summed E-state index contributed by atoms with van der Waals surface area (Å²) in [6, 6.07) is 83.0. The maximum absolute atomic E-state index is 2.34. The quantitative estimate of drug-likeness (QED) is 0.145. The van der Waals surface area contributed by atoms with Gasteiger partial charge in [-0.3, -0.25) is 0 Å². The summed E-state index contributed by atoms with van der Waals surface area (Å²) in [6.45, 7) is 0. The summed E-state index contributed by atoms with van der Waals surface area (Å²) >= 11 is 0. The lowest BCUT2D eigenvalue weighted by atomic mass is 9.95. The Morgan fingerprint density at radius 2 is 0.429 bits per heavy atom. The molecule has 0 bridgehead atoms. The second-order valence-electron chi connectivity index (χ2n) is 14.3. The molecule has 10 rings (SSSR count). The van der Waals surface area contributed by atoms with Gasteiger partial charge in [-0.15, -0.1) is 0 Å². The maximum Gasteiger partial charge on any atom is 0.0462 e. The van der Waals surface area contributed by atoms with Crippen LogP contribution in [-0.2, 0) is 0 Å². The Morgan fingerprint density at radius 1 is 0.179 bits per heavy atom. The van der Waals surface area contributed by atoms with Crippen molar-refractivity contribution >= 4 is 66.4 Å². The number of para-hydroxylation sites is 4. The van der Waals surface area contributed by atoms with Gasteiger partial charge in [0, 0.05) is 34.1 Å². The van der Waals surface area contributed by atoms with Crippen LogP contribution >= 0.6 is 0 Å². The Morgan fingerprint density at radius 3 is 0.750 bits per heavy atom. The number of hydrogen-bond donors (Lipinski definition) is 0. The van der Waals surface area contributed by atoms with Gasteiger partial charge in [-0.05, 0) is 164 Å². The molecular weight excluding hydrogens is 677 g/mol. The van der Waals surface area contributed by atoms with Gasteiger partial charge in [0.1, 0.15) is 0 Å². The van der Waals surface area contributed by atoms with E-state index in [9.17, 15) is 0 Å². The molecule has 264 valence electrons. The molecule has 0 unspecified atom stereocenters. The van der Waals surface area contributed by atoms with Crippen molar-refractivity contribution in [2.24, 2.45) is 0 Å². The van der Waals surface area contributed by atoms with E-state index in [0.29, 0.717) is 0 Å². The first-order valence-corrected chi connectivity index (χ1v) is 19.2. The van der Waals surface area contributed by atoms with E-state index in [1.807, 2.05) is 0 Å². The highest BCUT2D eigenvalue weighted by molar-refractivity contribution is 6.06. The fourth-order valence-corrected chi connectivity index (χ4v) is 7.92. The highest BCUT2D eigenvalue weighted by Crippen LogP contribution is 2.38. The van der Waals surface area contributed by atoms with Crippen LogP contribution in [0.1, 0.15) is 0 Å². The van der Waals surface area contributed by atoms with Gasteiger partial charge in [0.2, 0.25) is 0 Å². The van der Waals surface area contributed by atoms with E-state index in [-0.39, 0.29) is 0 Å². The highest BCUT2D eigenvalue weighted by Gasteiger charge is 2.14. The molecule has 0 aliphatic carbocycles. The lowest BCUT2D eigenvalue weighted by Gasteiger charge is -2.25. The summed E-state index contributed by atoms with van der Waals surface area (Å²) in [4.78, 5) is 4.60. The second-order valence-corrected chi connectivity index (χ2v) is 14.3.